The Labute approximate surface area is 114 Å². The first-order chi connectivity index (χ1) is 9.20. The summed E-state index contributed by atoms with van der Waals surface area (Å²) >= 11 is 6.33. The maximum atomic E-state index is 6.33. The molecule has 1 aliphatic rings. The van der Waals surface area contributed by atoms with Gasteiger partial charge < -0.3 is 19.7 Å². The van der Waals surface area contributed by atoms with Gasteiger partial charge in [-0.25, -0.2) is 0 Å². The molecule has 1 aliphatic heterocycles. The van der Waals surface area contributed by atoms with Gasteiger partial charge in [-0.1, -0.05) is 16.8 Å². The molecular weight excluding hydrogens is 270 g/mol. The summed E-state index contributed by atoms with van der Waals surface area (Å²) in [5.74, 6) is 2.06. The molecule has 0 fully saturated rings. The van der Waals surface area contributed by atoms with Crippen LogP contribution >= 0.6 is 11.6 Å². The topological polar surface area (TPSA) is 83.4 Å². The van der Waals surface area contributed by atoms with Crippen molar-refractivity contribution in [3.63, 3.8) is 0 Å². The molecule has 3 rings (SSSR count). The van der Waals surface area contributed by atoms with Crippen molar-refractivity contribution in [2.24, 2.45) is 5.73 Å². The van der Waals surface area contributed by atoms with Crippen molar-refractivity contribution < 1.29 is 14.0 Å². The standard InChI is InChI=1S/C12H12ClN3O3/c1-6-10(13)7(12-15-9(5-14)19-16-12)4-8-11(6)18-3-2-17-8/h4H,2-3,5,14H2,1H3. The van der Waals surface area contributed by atoms with Gasteiger partial charge in [-0.05, 0) is 13.0 Å². The molecule has 6 nitrogen and oxygen atoms in total. The van der Waals surface area contributed by atoms with Gasteiger partial charge in [0, 0.05) is 11.1 Å². The summed E-state index contributed by atoms with van der Waals surface area (Å²) in [5.41, 5.74) is 6.89. The Morgan fingerprint density at radius 3 is 2.89 bits per heavy atom. The summed E-state index contributed by atoms with van der Waals surface area (Å²) in [4.78, 5) is 4.17. The SMILES string of the molecule is Cc1c(Cl)c(-c2noc(CN)n2)cc2c1OCCO2. The molecular formula is C12H12ClN3O3. The van der Waals surface area contributed by atoms with Crippen LogP contribution in [-0.4, -0.2) is 23.4 Å². The average molecular weight is 282 g/mol. The highest BCUT2D eigenvalue weighted by atomic mass is 35.5. The number of benzene rings is 1. The number of aromatic nitrogens is 2. The number of hydrogen-bond acceptors (Lipinski definition) is 6. The zero-order valence-electron chi connectivity index (χ0n) is 10.3. The summed E-state index contributed by atoms with van der Waals surface area (Å²) in [6, 6.07) is 1.76. The van der Waals surface area contributed by atoms with E-state index in [1.165, 1.54) is 0 Å². The molecule has 19 heavy (non-hydrogen) atoms. The number of halogens is 1. The highest BCUT2D eigenvalue weighted by molar-refractivity contribution is 6.34. The second-order valence-corrected chi connectivity index (χ2v) is 4.48. The first kappa shape index (κ1) is 12.3. The molecule has 0 atom stereocenters. The van der Waals surface area contributed by atoms with Gasteiger partial charge in [-0.3, -0.25) is 0 Å². The molecule has 0 aliphatic carbocycles. The van der Waals surface area contributed by atoms with Crippen molar-refractivity contribution in [2.45, 2.75) is 13.5 Å². The zero-order chi connectivity index (χ0) is 13.4. The number of rotatable bonds is 2. The Kier molecular flexibility index (Phi) is 3.04. The van der Waals surface area contributed by atoms with Gasteiger partial charge in [0.25, 0.3) is 0 Å². The minimum absolute atomic E-state index is 0.189. The van der Waals surface area contributed by atoms with E-state index in [-0.39, 0.29) is 6.54 Å². The highest BCUT2D eigenvalue weighted by Gasteiger charge is 2.22. The minimum Gasteiger partial charge on any atom is -0.486 e. The van der Waals surface area contributed by atoms with Crippen molar-refractivity contribution in [2.75, 3.05) is 13.2 Å². The van der Waals surface area contributed by atoms with Crippen molar-refractivity contribution in [3.05, 3.63) is 22.5 Å². The van der Waals surface area contributed by atoms with Gasteiger partial charge in [0.2, 0.25) is 11.7 Å². The average Bonchev–Trinajstić information content (AvgIpc) is 2.91. The Morgan fingerprint density at radius 1 is 1.37 bits per heavy atom. The molecule has 0 saturated carbocycles. The molecule has 0 unspecified atom stereocenters. The number of hydrogen-bond donors (Lipinski definition) is 1. The predicted octanol–water partition coefficient (Wildman–Crippen LogP) is 1.93. The van der Waals surface area contributed by atoms with Gasteiger partial charge in [0.05, 0.1) is 11.6 Å². The molecule has 2 N–H and O–H groups in total. The third-order valence-electron chi connectivity index (χ3n) is 2.88. The Morgan fingerprint density at radius 2 is 2.16 bits per heavy atom. The fraction of sp³-hybridized carbons (Fsp3) is 0.333. The lowest BCUT2D eigenvalue weighted by atomic mass is 10.1. The van der Waals surface area contributed by atoms with Crippen LogP contribution in [0, 0.1) is 6.92 Å². The summed E-state index contributed by atoms with van der Waals surface area (Å²) in [5, 5.41) is 4.38. The van der Waals surface area contributed by atoms with Crippen LogP contribution in [0.1, 0.15) is 11.5 Å². The van der Waals surface area contributed by atoms with Crippen LogP contribution in [-0.2, 0) is 6.54 Å². The van der Waals surface area contributed by atoms with Gasteiger partial charge in [0.1, 0.15) is 13.2 Å². The van der Waals surface area contributed by atoms with Crippen molar-refractivity contribution in [1.82, 2.24) is 10.1 Å². The molecule has 0 spiro atoms. The van der Waals surface area contributed by atoms with E-state index in [1.54, 1.807) is 6.07 Å². The van der Waals surface area contributed by atoms with Gasteiger partial charge in [-0.2, -0.15) is 4.98 Å². The smallest absolute Gasteiger partial charge is 0.240 e. The summed E-state index contributed by atoms with van der Waals surface area (Å²) in [6.45, 7) is 3.08. The molecule has 100 valence electrons. The van der Waals surface area contributed by atoms with Crippen LogP contribution in [0.15, 0.2) is 10.6 Å². The number of ether oxygens (including phenoxy) is 2. The molecule has 1 aromatic heterocycles. The predicted molar refractivity (Wildman–Crippen MR) is 68.4 cm³/mol. The fourth-order valence-corrected chi connectivity index (χ4v) is 2.16. The molecule has 2 heterocycles. The van der Waals surface area contributed by atoms with E-state index in [0.717, 1.165) is 5.56 Å². The van der Waals surface area contributed by atoms with E-state index in [2.05, 4.69) is 10.1 Å². The van der Waals surface area contributed by atoms with E-state index < -0.39 is 0 Å². The molecule has 0 radical (unpaired) electrons. The van der Waals surface area contributed by atoms with Crippen molar-refractivity contribution >= 4 is 11.6 Å². The molecule has 2 aromatic rings. The Hall–Kier alpha value is -1.79. The largest absolute Gasteiger partial charge is 0.486 e. The first-order valence-corrected chi connectivity index (χ1v) is 6.20. The van der Waals surface area contributed by atoms with Crippen LogP contribution in [0.25, 0.3) is 11.4 Å². The quantitative estimate of drug-likeness (QED) is 0.905. The summed E-state index contributed by atoms with van der Waals surface area (Å²) < 4.78 is 16.1. The number of nitrogens with two attached hydrogens (primary N) is 1. The Bertz CT molecular complexity index is 627. The second kappa shape index (κ2) is 4.71. The summed E-state index contributed by atoms with van der Waals surface area (Å²) in [7, 11) is 0. The monoisotopic (exact) mass is 281 g/mol. The third kappa shape index (κ3) is 2.02. The molecule has 0 saturated heterocycles. The lowest BCUT2D eigenvalue weighted by Crippen LogP contribution is -2.16. The van der Waals surface area contributed by atoms with Crippen LogP contribution in [0.5, 0.6) is 11.5 Å². The van der Waals surface area contributed by atoms with Gasteiger partial charge in [-0.15, -0.1) is 0 Å². The summed E-state index contributed by atoms with van der Waals surface area (Å²) in [6.07, 6.45) is 0. The normalized spacial score (nSPS) is 13.6. The molecule has 1 aromatic carbocycles. The zero-order valence-corrected chi connectivity index (χ0v) is 11.0. The fourth-order valence-electron chi connectivity index (χ4n) is 1.94. The van der Waals surface area contributed by atoms with E-state index in [0.29, 0.717) is 47.0 Å². The van der Waals surface area contributed by atoms with Crippen LogP contribution in [0.2, 0.25) is 5.02 Å². The van der Waals surface area contributed by atoms with Crippen LogP contribution in [0.4, 0.5) is 0 Å². The maximum Gasteiger partial charge on any atom is 0.240 e. The second-order valence-electron chi connectivity index (χ2n) is 4.10. The van der Waals surface area contributed by atoms with Gasteiger partial charge >= 0.3 is 0 Å². The van der Waals surface area contributed by atoms with E-state index in [1.807, 2.05) is 6.92 Å². The molecule has 0 bridgehead atoms. The van der Waals surface area contributed by atoms with Crippen LogP contribution in [0.3, 0.4) is 0 Å². The maximum absolute atomic E-state index is 6.33. The first-order valence-electron chi connectivity index (χ1n) is 5.82. The highest BCUT2D eigenvalue weighted by Crippen LogP contribution is 2.42. The van der Waals surface area contributed by atoms with E-state index >= 15 is 0 Å². The van der Waals surface area contributed by atoms with Crippen LogP contribution < -0.4 is 15.2 Å². The Balaban J connectivity index is 2.13. The van der Waals surface area contributed by atoms with E-state index in [4.69, 9.17) is 31.3 Å². The van der Waals surface area contributed by atoms with E-state index in [9.17, 15) is 0 Å². The molecule has 0 amide bonds. The van der Waals surface area contributed by atoms with Gasteiger partial charge in [0.15, 0.2) is 11.5 Å². The third-order valence-corrected chi connectivity index (χ3v) is 3.36. The lowest BCUT2D eigenvalue weighted by molar-refractivity contribution is 0.170. The minimum atomic E-state index is 0.189. The molecule has 7 heteroatoms. The number of fused-ring (bicyclic) bond motifs is 1. The lowest BCUT2D eigenvalue weighted by Gasteiger charge is -2.21. The van der Waals surface area contributed by atoms with Crippen molar-refractivity contribution in [1.29, 1.82) is 0 Å². The number of nitrogens with zero attached hydrogens (tertiary/aromatic N) is 2. The van der Waals surface area contributed by atoms with Crippen molar-refractivity contribution in [3.8, 4) is 22.9 Å².